The van der Waals surface area contributed by atoms with E-state index < -0.39 is 10.0 Å². The van der Waals surface area contributed by atoms with Gasteiger partial charge in [-0.15, -0.1) is 0 Å². The molecule has 1 spiro atoms. The molecule has 442 valence electrons. The predicted molar refractivity (Wildman–Crippen MR) is 312 cm³/mol. The van der Waals surface area contributed by atoms with Crippen LogP contribution in [-0.4, -0.2) is 157 Å². The quantitative estimate of drug-likeness (QED) is 0.167. The van der Waals surface area contributed by atoms with Crippen molar-refractivity contribution in [1.29, 1.82) is 0 Å². The molecule has 6 aliphatic rings. The number of carbonyl (C=O) groups excluding carboxylic acids is 3. The van der Waals surface area contributed by atoms with Crippen molar-refractivity contribution in [3.8, 4) is 0 Å². The van der Waals surface area contributed by atoms with E-state index in [-0.39, 0.29) is 35.1 Å². The number of likely N-dealkylation sites (N-methyl/N-ethyl adjacent to an activating group) is 3. The lowest BCUT2D eigenvalue weighted by molar-refractivity contribution is -0.133. The van der Waals surface area contributed by atoms with E-state index in [1.54, 1.807) is 16.6 Å². The van der Waals surface area contributed by atoms with E-state index in [1.165, 1.54) is 45.6 Å². The van der Waals surface area contributed by atoms with Gasteiger partial charge in [0.15, 0.2) is 5.88 Å². The van der Waals surface area contributed by atoms with Gasteiger partial charge >= 0.3 is 0 Å². The highest BCUT2D eigenvalue weighted by atomic mass is 32.2. The molecule has 1 saturated carbocycles. The second kappa shape index (κ2) is 25.0. The fourth-order valence-electron chi connectivity index (χ4n) is 10.6. The third-order valence-corrected chi connectivity index (χ3v) is 18.0. The summed E-state index contributed by atoms with van der Waals surface area (Å²) in [5.41, 5.74) is 11.6. The fraction of sp³-hybridized carbons (Fsp3) is 0.644. The van der Waals surface area contributed by atoms with Crippen LogP contribution in [0.3, 0.4) is 0 Å². The number of amides is 3. The van der Waals surface area contributed by atoms with Crippen LogP contribution in [0.1, 0.15) is 188 Å². The summed E-state index contributed by atoms with van der Waals surface area (Å²) in [7, 11) is 2.17. The summed E-state index contributed by atoms with van der Waals surface area (Å²) >= 11 is 0. The third kappa shape index (κ3) is 14.3. The largest absolute Gasteiger partial charge is 0.344 e. The van der Waals surface area contributed by atoms with Crippen LogP contribution in [0.5, 0.6) is 0 Å². The minimum absolute atomic E-state index is 0.0362. The van der Waals surface area contributed by atoms with Crippen molar-refractivity contribution < 1.29 is 22.8 Å². The highest BCUT2D eigenvalue weighted by molar-refractivity contribution is 7.88. The molecule has 0 unspecified atom stereocenters. The van der Waals surface area contributed by atoms with Crippen LogP contribution in [-0.2, 0) is 94.1 Å². The van der Waals surface area contributed by atoms with Gasteiger partial charge in [0.05, 0.1) is 35.0 Å². The first-order valence-electron chi connectivity index (χ1n) is 29.3. The zero-order valence-electron chi connectivity index (χ0n) is 50.9. The van der Waals surface area contributed by atoms with Crippen molar-refractivity contribution in [2.75, 3.05) is 47.3 Å². The van der Waals surface area contributed by atoms with Crippen molar-refractivity contribution in [3.63, 3.8) is 0 Å². The fourth-order valence-corrected chi connectivity index (χ4v) is 11.7. The molecule has 5 aliphatic heterocycles. The van der Waals surface area contributed by atoms with E-state index >= 15 is 0 Å². The zero-order valence-corrected chi connectivity index (χ0v) is 51.7. The Labute approximate surface area is 480 Å². The topological polar surface area (TPSA) is 205 Å². The van der Waals surface area contributed by atoms with Crippen LogP contribution in [0.4, 0.5) is 0 Å². The molecule has 0 N–H and O–H groups in total. The molecular formula is C59H90N16O5S. The Bertz CT molecular complexity index is 3270. The zero-order chi connectivity index (χ0) is 58.8. The summed E-state index contributed by atoms with van der Waals surface area (Å²) in [6, 6.07) is 11.0. The first-order valence-corrected chi connectivity index (χ1v) is 30.9. The second-order valence-corrected chi connectivity index (χ2v) is 26.8. The van der Waals surface area contributed by atoms with Gasteiger partial charge in [-0.05, 0) is 86.6 Å². The number of carbonyl (C=O) groups is 3. The first-order chi connectivity index (χ1) is 38.2. The van der Waals surface area contributed by atoms with Gasteiger partial charge < -0.3 is 19.3 Å². The third-order valence-electron chi connectivity index (χ3n) is 16.3. The van der Waals surface area contributed by atoms with E-state index in [9.17, 15) is 22.8 Å². The number of nitrogens with zero attached hydrogens (tertiary/aromatic N) is 16. The Balaban J connectivity index is 0.000000133. The molecule has 0 radical (unpaired) electrons. The molecule has 0 atom stereocenters. The molecule has 12 rings (SSSR count). The normalized spacial score (nSPS) is 18.2. The average molecular weight is 1140 g/mol. The van der Waals surface area contributed by atoms with Gasteiger partial charge in [-0.1, -0.05) is 69.2 Å². The molecule has 1 aliphatic carbocycles. The van der Waals surface area contributed by atoms with Gasteiger partial charge in [-0.2, -0.15) is 25.5 Å². The van der Waals surface area contributed by atoms with Crippen molar-refractivity contribution in [3.05, 3.63) is 105 Å². The van der Waals surface area contributed by atoms with Crippen molar-refractivity contribution >= 4 is 27.7 Å². The molecule has 6 aromatic rings. The first kappa shape index (κ1) is 60.7. The van der Waals surface area contributed by atoms with Gasteiger partial charge in [0.2, 0.25) is 27.7 Å². The van der Waals surface area contributed by atoms with Crippen LogP contribution in [0.25, 0.3) is 0 Å². The maximum Gasteiger partial charge on any atom is 0.244 e. The van der Waals surface area contributed by atoms with Crippen molar-refractivity contribution in [1.82, 2.24) is 77.5 Å². The van der Waals surface area contributed by atoms with Gasteiger partial charge in [0.1, 0.15) is 25.5 Å². The van der Waals surface area contributed by atoms with E-state index in [4.69, 9.17) is 0 Å². The molecule has 6 aromatic heterocycles. The Hall–Kier alpha value is -6.42. The minimum Gasteiger partial charge on any atom is -0.344 e. The molecule has 3 amide bonds. The highest BCUT2D eigenvalue weighted by Gasteiger charge is 2.50. The summed E-state index contributed by atoms with van der Waals surface area (Å²) in [5, 5.41) is 22.6. The van der Waals surface area contributed by atoms with Crippen LogP contribution in [0, 0.1) is 0 Å². The molecule has 81 heavy (non-hydrogen) atoms. The predicted octanol–water partition coefficient (Wildman–Crippen LogP) is 6.92. The molecule has 0 bridgehead atoms. The summed E-state index contributed by atoms with van der Waals surface area (Å²) in [6.45, 7) is 31.4. The van der Waals surface area contributed by atoms with Crippen LogP contribution in [0.15, 0.2) is 42.7 Å². The number of sulfonamides is 1. The van der Waals surface area contributed by atoms with Gasteiger partial charge in [0, 0.05) is 132 Å². The number of imidazole rings is 1. The summed E-state index contributed by atoms with van der Waals surface area (Å²) in [4.78, 5) is 45.6. The highest BCUT2D eigenvalue weighted by Crippen LogP contribution is 2.50. The standard InChI is InChI=1S/C13H19N3O.C13H21N3O.C12H16N4.C11H17N3O.C10H17N3O2S/c1-9(2)10-6-11-13(4-5-13)8-15(3)12(17)7-16(11)14-10;1-9(2)12-7-11-5-6-15(10(3)4)13(17)8-16(11)14-12;1-9(2)11-7-10-3-5-15-6-4-13-12(15)8-16(10)14-11;1-8(2)10-6-9-4-5-13(3)11(15)7-14(9)12-10;1-8(2)10-6-9-4-5-12(3)16(14,15)7-13(9)11-10/h6,9H,4-5,7-8H2,1-3H3;7,9-10H,5-6,8H2,1-4H3;4,6-7,9H,3,5,8H2,1-2H3;6,8H,4-5,7H2,1-3H3;6,8H,4-5,7H2,1-3H3. The lowest BCUT2D eigenvalue weighted by Gasteiger charge is -2.24. The molecule has 22 heteroatoms. The molecule has 0 aromatic carbocycles. The van der Waals surface area contributed by atoms with E-state index in [0.29, 0.717) is 55.8 Å². The Kier molecular flexibility index (Phi) is 18.7. The Morgan fingerprint density at radius 2 is 0.901 bits per heavy atom. The van der Waals surface area contributed by atoms with Crippen LogP contribution < -0.4 is 0 Å². The van der Waals surface area contributed by atoms with Crippen molar-refractivity contribution in [2.24, 2.45) is 0 Å². The number of fused-ring (bicyclic) bond motifs is 7. The number of hydrogen-bond donors (Lipinski definition) is 0. The SMILES string of the molecule is CC(C)c1cc2n(n1)CC(=O)N(C(C)C)CC2.CC(C)c1cc2n(n1)CC(=O)N(C)CC2.CC(C)c1cc2n(n1)CC(=O)N(C)CC21CC1.CC(C)c1cc2n(n1)CS(=O)(=O)N(C)CC2.CC(C)c1cc2n(n1)Cc1nccn1CC2. The lowest BCUT2D eigenvalue weighted by Crippen LogP contribution is -2.38. The Morgan fingerprint density at radius 1 is 0.481 bits per heavy atom. The summed E-state index contributed by atoms with van der Waals surface area (Å²) < 4.78 is 36.6. The van der Waals surface area contributed by atoms with E-state index in [1.807, 2.05) is 56.4 Å². The van der Waals surface area contributed by atoms with E-state index in [0.717, 1.165) is 92.7 Å². The number of aromatic nitrogens is 12. The molecule has 0 saturated heterocycles. The maximum atomic E-state index is 12.1. The van der Waals surface area contributed by atoms with E-state index in [2.05, 4.69) is 147 Å². The number of aryl methyl sites for hydroxylation is 2. The number of hydrogen-bond acceptors (Lipinski definition) is 11. The maximum absolute atomic E-state index is 12.1. The van der Waals surface area contributed by atoms with Gasteiger partial charge in [0.25, 0.3) is 0 Å². The lowest BCUT2D eigenvalue weighted by atomic mass is 10.0. The molecule has 21 nitrogen and oxygen atoms in total. The van der Waals surface area contributed by atoms with Gasteiger partial charge in [-0.3, -0.25) is 37.8 Å². The molecular weight excluding hydrogens is 1040 g/mol. The second-order valence-electron chi connectivity index (χ2n) is 24.7. The Morgan fingerprint density at radius 3 is 1.42 bits per heavy atom. The summed E-state index contributed by atoms with van der Waals surface area (Å²) in [5.74, 6) is 3.68. The van der Waals surface area contributed by atoms with Crippen LogP contribution >= 0.6 is 0 Å². The minimum atomic E-state index is -3.19. The smallest absolute Gasteiger partial charge is 0.244 e. The molecule has 1 fully saturated rings. The number of rotatable bonds is 6. The van der Waals surface area contributed by atoms with Crippen LogP contribution in [0.2, 0.25) is 0 Å². The van der Waals surface area contributed by atoms with Crippen molar-refractivity contribution in [2.45, 2.75) is 201 Å². The monoisotopic (exact) mass is 1130 g/mol. The van der Waals surface area contributed by atoms with Gasteiger partial charge in [-0.25, -0.2) is 17.7 Å². The summed E-state index contributed by atoms with van der Waals surface area (Å²) in [6.07, 6.45) is 9.88. The average Bonchev–Trinajstić information content (AvgIpc) is 4.15. The molecule has 11 heterocycles.